The molecule has 0 spiro atoms. The van der Waals surface area contributed by atoms with E-state index < -0.39 is 0 Å². The second-order valence-electron chi connectivity index (χ2n) is 4.69. The molecular weight excluding hydrogens is 272 g/mol. The Morgan fingerprint density at radius 3 is 2.81 bits per heavy atom. The molecule has 114 valence electrons. The highest BCUT2D eigenvalue weighted by Gasteiger charge is 2.18. The van der Waals surface area contributed by atoms with E-state index in [0.717, 1.165) is 0 Å². The molecule has 0 saturated heterocycles. The highest BCUT2D eigenvalue weighted by Crippen LogP contribution is 2.34. The minimum absolute atomic E-state index is 0.00240. The van der Waals surface area contributed by atoms with Crippen LogP contribution < -0.4 is 21.1 Å². The molecule has 1 heterocycles. The lowest BCUT2D eigenvalue weighted by Crippen LogP contribution is -2.35. The van der Waals surface area contributed by atoms with Gasteiger partial charge in [0.1, 0.15) is 5.75 Å². The SMILES string of the molecule is CCN(CC)C(=O)CNc1cc2c(cc1N)OCC(=O)N2. The number of anilines is 3. The number of nitrogen functional groups attached to an aromatic ring is 1. The van der Waals surface area contributed by atoms with Gasteiger partial charge in [-0.2, -0.15) is 0 Å². The van der Waals surface area contributed by atoms with Crippen LogP contribution in [-0.2, 0) is 9.59 Å². The van der Waals surface area contributed by atoms with Crippen molar-refractivity contribution in [3.05, 3.63) is 12.1 Å². The fraction of sp³-hybridized carbons (Fsp3) is 0.429. The molecule has 0 bridgehead atoms. The Hall–Kier alpha value is -2.44. The van der Waals surface area contributed by atoms with Crippen molar-refractivity contribution in [3.63, 3.8) is 0 Å². The van der Waals surface area contributed by atoms with Crippen LogP contribution in [0.5, 0.6) is 5.75 Å². The van der Waals surface area contributed by atoms with Crippen LogP contribution in [0.1, 0.15) is 13.8 Å². The Kier molecular flexibility index (Phi) is 4.52. The molecule has 2 rings (SSSR count). The third-order valence-corrected chi connectivity index (χ3v) is 3.33. The molecule has 1 aromatic carbocycles. The van der Waals surface area contributed by atoms with E-state index >= 15 is 0 Å². The van der Waals surface area contributed by atoms with E-state index in [1.807, 2.05) is 13.8 Å². The normalized spacial score (nSPS) is 13.0. The van der Waals surface area contributed by atoms with Crippen molar-refractivity contribution >= 4 is 28.9 Å². The molecular formula is C14H20N4O3. The molecule has 1 aliphatic heterocycles. The zero-order valence-electron chi connectivity index (χ0n) is 12.2. The summed E-state index contributed by atoms with van der Waals surface area (Å²) < 4.78 is 5.28. The van der Waals surface area contributed by atoms with Gasteiger partial charge < -0.3 is 26.0 Å². The van der Waals surface area contributed by atoms with Crippen LogP contribution in [-0.4, -0.2) is 43.0 Å². The van der Waals surface area contributed by atoms with Gasteiger partial charge in [-0.05, 0) is 19.9 Å². The number of ether oxygens (including phenoxy) is 1. The van der Waals surface area contributed by atoms with Crippen molar-refractivity contribution in [1.82, 2.24) is 4.90 Å². The molecule has 7 heteroatoms. The molecule has 0 fully saturated rings. The standard InChI is InChI=1S/C14H20N4O3/c1-3-18(4-2)14(20)7-16-10-6-11-12(5-9(10)15)21-8-13(19)17-11/h5-6,16H,3-4,7-8,15H2,1-2H3,(H,17,19). The largest absolute Gasteiger partial charge is 0.482 e. The number of benzene rings is 1. The van der Waals surface area contributed by atoms with E-state index in [1.165, 1.54) is 0 Å². The Morgan fingerprint density at radius 2 is 2.14 bits per heavy atom. The number of hydrogen-bond acceptors (Lipinski definition) is 5. The number of carbonyl (C=O) groups excluding carboxylic acids is 2. The molecule has 0 unspecified atom stereocenters. The Balaban J connectivity index is 2.08. The average Bonchev–Trinajstić information content (AvgIpc) is 2.46. The second-order valence-corrected chi connectivity index (χ2v) is 4.69. The first-order chi connectivity index (χ1) is 10.0. The third kappa shape index (κ3) is 3.36. The quantitative estimate of drug-likeness (QED) is 0.700. The number of nitrogens with two attached hydrogens (primary N) is 1. The number of nitrogens with one attached hydrogen (secondary N) is 2. The fourth-order valence-corrected chi connectivity index (χ4v) is 2.15. The summed E-state index contributed by atoms with van der Waals surface area (Å²) in [5, 5.41) is 5.71. The minimum Gasteiger partial charge on any atom is -0.482 e. The molecule has 4 N–H and O–H groups in total. The minimum atomic E-state index is -0.211. The topological polar surface area (TPSA) is 96.7 Å². The van der Waals surface area contributed by atoms with Crippen LogP contribution in [0.25, 0.3) is 0 Å². The van der Waals surface area contributed by atoms with E-state index in [1.54, 1.807) is 17.0 Å². The smallest absolute Gasteiger partial charge is 0.262 e. The summed E-state index contributed by atoms with van der Waals surface area (Å²) in [6.45, 7) is 5.34. The van der Waals surface area contributed by atoms with E-state index in [0.29, 0.717) is 35.9 Å². The average molecular weight is 292 g/mol. The molecule has 0 aromatic heterocycles. The predicted octanol–water partition coefficient (Wildman–Crippen LogP) is 0.880. The molecule has 0 saturated carbocycles. The fourth-order valence-electron chi connectivity index (χ4n) is 2.15. The lowest BCUT2D eigenvalue weighted by atomic mass is 10.2. The predicted molar refractivity (Wildman–Crippen MR) is 81.4 cm³/mol. The number of likely N-dealkylation sites (N-methyl/N-ethyl adjacent to an activating group) is 1. The van der Waals surface area contributed by atoms with Gasteiger partial charge in [0.05, 0.1) is 23.6 Å². The van der Waals surface area contributed by atoms with Gasteiger partial charge in [-0.1, -0.05) is 0 Å². The van der Waals surface area contributed by atoms with Crippen LogP contribution in [0, 0.1) is 0 Å². The maximum Gasteiger partial charge on any atom is 0.262 e. The van der Waals surface area contributed by atoms with Crippen LogP contribution in [0.2, 0.25) is 0 Å². The van der Waals surface area contributed by atoms with Gasteiger partial charge in [0.25, 0.3) is 5.91 Å². The monoisotopic (exact) mass is 292 g/mol. The Morgan fingerprint density at radius 1 is 1.43 bits per heavy atom. The lowest BCUT2D eigenvalue weighted by molar-refractivity contribution is -0.128. The lowest BCUT2D eigenvalue weighted by Gasteiger charge is -2.22. The highest BCUT2D eigenvalue weighted by molar-refractivity contribution is 5.97. The molecule has 0 radical (unpaired) electrons. The van der Waals surface area contributed by atoms with E-state index in [9.17, 15) is 9.59 Å². The number of rotatable bonds is 5. The van der Waals surface area contributed by atoms with E-state index in [-0.39, 0.29) is 25.0 Å². The summed E-state index contributed by atoms with van der Waals surface area (Å²) in [6.07, 6.45) is 0. The summed E-state index contributed by atoms with van der Waals surface area (Å²) in [5.74, 6) is 0.322. The van der Waals surface area contributed by atoms with Crippen molar-refractivity contribution < 1.29 is 14.3 Å². The number of hydrogen-bond donors (Lipinski definition) is 3. The number of amides is 2. The molecule has 1 aliphatic rings. The number of carbonyl (C=O) groups is 2. The van der Waals surface area contributed by atoms with Gasteiger partial charge in [0, 0.05) is 19.2 Å². The first-order valence-electron chi connectivity index (χ1n) is 6.93. The molecule has 1 aromatic rings. The Labute approximate surface area is 123 Å². The van der Waals surface area contributed by atoms with Crippen molar-refractivity contribution in [3.8, 4) is 5.75 Å². The summed E-state index contributed by atoms with van der Waals surface area (Å²) >= 11 is 0. The van der Waals surface area contributed by atoms with Gasteiger partial charge in [-0.3, -0.25) is 9.59 Å². The summed E-state index contributed by atoms with van der Waals surface area (Å²) in [7, 11) is 0. The maximum absolute atomic E-state index is 12.0. The van der Waals surface area contributed by atoms with Gasteiger partial charge in [0.2, 0.25) is 5.91 Å². The third-order valence-electron chi connectivity index (χ3n) is 3.33. The van der Waals surface area contributed by atoms with Gasteiger partial charge in [-0.15, -0.1) is 0 Å². The van der Waals surface area contributed by atoms with Crippen LogP contribution in [0.3, 0.4) is 0 Å². The number of fused-ring (bicyclic) bond motifs is 1. The summed E-state index contributed by atoms with van der Waals surface area (Å²) in [4.78, 5) is 25.0. The van der Waals surface area contributed by atoms with Crippen LogP contribution >= 0.6 is 0 Å². The molecule has 0 atom stereocenters. The summed E-state index contributed by atoms with van der Waals surface area (Å²) in [5.41, 5.74) is 7.55. The first-order valence-corrected chi connectivity index (χ1v) is 6.93. The molecule has 0 aliphatic carbocycles. The Bertz CT molecular complexity index is 555. The van der Waals surface area contributed by atoms with Crippen LogP contribution in [0.4, 0.5) is 17.1 Å². The van der Waals surface area contributed by atoms with Crippen molar-refractivity contribution in [2.24, 2.45) is 0 Å². The number of nitrogens with zero attached hydrogens (tertiary/aromatic N) is 1. The second kappa shape index (κ2) is 6.34. The van der Waals surface area contributed by atoms with Crippen molar-refractivity contribution in [1.29, 1.82) is 0 Å². The van der Waals surface area contributed by atoms with E-state index in [4.69, 9.17) is 10.5 Å². The molecule has 7 nitrogen and oxygen atoms in total. The molecule has 21 heavy (non-hydrogen) atoms. The maximum atomic E-state index is 12.0. The zero-order chi connectivity index (χ0) is 15.4. The van der Waals surface area contributed by atoms with E-state index in [2.05, 4.69) is 10.6 Å². The summed E-state index contributed by atoms with van der Waals surface area (Å²) in [6, 6.07) is 3.32. The van der Waals surface area contributed by atoms with Crippen molar-refractivity contribution in [2.75, 3.05) is 42.6 Å². The van der Waals surface area contributed by atoms with Crippen LogP contribution in [0.15, 0.2) is 12.1 Å². The van der Waals surface area contributed by atoms with Gasteiger partial charge in [0.15, 0.2) is 6.61 Å². The van der Waals surface area contributed by atoms with Gasteiger partial charge in [-0.25, -0.2) is 0 Å². The van der Waals surface area contributed by atoms with Crippen molar-refractivity contribution in [2.45, 2.75) is 13.8 Å². The first kappa shape index (κ1) is 15.0. The molecule has 2 amide bonds. The highest BCUT2D eigenvalue weighted by atomic mass is 16.5. The van der Waals surface area contributed by atoms with Gasteiger partial charge >= 0.3 is 0 Å². The zero-order valence-corrected chi connectivity index (χ0v) is 12.2.